The largest absolute Gasteiger partial charge is 0.292 e. The summed E-state index contributed by atoms with van der Waals surface area (Å²) in [6.45, 7) is -0.473. The van der Waals surface area contributed by atoms with Crippen LogP contribution in [0.15, 0.2) is 48.5 Å². The number of rotatable bonds is 5. The Morgan fingerprint density at radius 3 is 2.21 bits per heavy atom. The van der Waals surface area contributed by atoms with Crippen LogP contribution in [-0.4, -0.2) is 40.1 Å². The van der Waals surface area contributed by atoms with Crippen LogP contribution in [0.25, 0.3) is 0 Å². The number of piperidine rings is 1. The number of nitrogens with zero attached hydrogens (tertiary/aromatic N) is 2. The fraction of sp³-hybridized carbons (Fsp3) is 0.200. The van der Waals surface area contributed by atoms with Crippen LogP contribution in [-0.2, 0) is 9.59 Å². The normalized spacial score (nSPS) is 14.1. The van der Waals surface area contributed by atoms with Crippen LogP contribution in [0.4, 0.5) is 0 Å². The van der Waals surface area contributed by atoms with Crippen molar-refractivity contribution in [3.63, 3.8) is 0 Å². The first-order chi connectivity index (χ1) is 13.4. The zero-order valence-corrected chi connectivity index (χ0v) is 16.2. The molecule has 144 valence electrons. The van der Waals surface area contributed by atoms with Gasteiger partial charge in [-0.15, -0.1) is 0 Å². The van der Waals surface area contributed by atoms with E-state index in [0.29, 0.717) is 17.0 Å². The molecular formula is C20H16Cl2N2O4. The van der Waals surface area contributed by atoms with Crippen LogP contribution in [0, 0.1) is 0 Å². The molecule has 0 radical (unpaired) electrons. The number of carbonyl (C=O) groups is 4. The van der Waals surface area contributed by atoms with Crippen molar-refractivity contribution >= 4 is 46.7 Å². The van der Waals surface area contributed by atoms with Gasteiger partial charge in [0.25, 0.3) is 5.91 Å². The van der Waals surface area contributed by atoms with E-state index in [9.17, 15) is 19.2 Å². The van der Waals surface area contributed by atoms with Crippen LogP contribution in [0.3, 0.4) is 0 Å². The highest BCUT2D eigenvalue weighted by molar-refractivity contribution is 6.36. The average molecular weight is 419 g/mol. The van der Waals surface area contributed by atoms with E-state index in [1.54, 1.807) is 30.3 Å². The van der Waals surface area contributed by atoms with Gasteiger partial charge in [-0.05, 0) is 24.6 Å². The predicted octanol–water partition coefficient (Wildman–Crippen LogP) is 3.77. The van der Waals surface area contributed by atoms with E-state index < -0.39 is 30.0 Å². The minimum atomic E-state index is -0.727. The molecular weight excluding hydrogens is 403 g/mol. The van der Waals surface area contributed by atoms with Crippen molar-refractivity contribution in [1.29, 1.82) is 0 Å². The summed E-state index contributed by atoms with van der Waals surface area (Å²) in [5.41, 5.74) is 0.400. The molecule has 1 saturated heterocycles. The van der Waals surface area contributed by atoms with Gasteiger partial charge < -0.3 is 0 Å². The maximum absolute atomic E-state index is 13.1. The third-order valence-electron chi connectivity index (χ3n) is 4.28. The Balaban J connectivity index is 1.98. The number of hydrazine groups is 1. The van der Waals surface area contributed by atoms with Crippen LogP contribution < -0.4 is 0 Å². The molecule has 1 aliphatic rings. The van der Waals surface area contributed by atoms with Crippen molar-refractivity contribution in [3.05, 3.63) is 69.7 Å². The molecule has 1 aliphatic heterocycles. The van der Waals surface area contributed by atoms with Crippen LogP contribution >= 0.6 is 23.2 Å². The Morgan fingerprint density at radius 1 is 0.964 bits per heavy atom. The maximum Gasteiger partial charge on any atom is 0.274 e. The first-order valence-corrected chi connectivity index (χ1v) is 9.35. The van der Waals surface area contributed by atoms with E-state index in [2.05, 4.69) is 0 Å². The third-order valence-corrected chi connectivity index (χ3v) is 4.83. The third kappa shape index (κ3) is 4.24. The van der Waals surface area contributed by atoms with Gasteiger partial charge >= 0.3 is 0 Å². The van der Waals surface area contributed by atoms with E-state index in [1.165, 1.54) is 18.2 Å². The second kappa shape index (κ2) is 8.54. The van der Waals surface area contributed by atoms with Gasteiger partial charge in [0.2, 0.25) is 11.8 Å². The summed E-state index contributed by atoms with van der Waals surface area (Å²) in [7, 11) is 0. The minimum Gasteiger partial charge on any atom is -0.292 e. The van der Waals surface area contributed by atoms with Gasteiger partial charge in [0.15, 0.2) is 5.78 Å². The topological polar surface area (TPSA) is 74.8 Å². The summed E-state index contributed by atoms with van der Waals surface area (Å²) in [6, 6.07) is 12.6. The van der Waals surface area contributed by atoms with Gasteiger partial charge in [0.05, 0.1) is 10.6 Å². The van der Waals surface area contributed by atoms with Gasteiger partial charge in [0.1, 0.15) is 6.54 Å². The molecule has 1 heterocycles. The highest BCUT2D eigenvalue weighted by Crippen LogP contribution is 2.25. The molecule has 6 nitrogen and oxygen atoms in total. The van der Waals surface area contributed by atoms with Gasteiger partial charge in [-0.1, -0.05) is 53.5 Å². The first-order valence-electron chi connectivity index (χ1n) is 8.59. The monoisotopic (exact) mass is 418 g/mol. The summed E-state index contributed by atoms with van der Waals surface area (Å²) >= 11 is 12.0. The standard InChI is InChI=1S/C20H16Cl2N2O4/c21-14-9-10-15(16(22)11-14)20(28)23(24-18(26)7-4-8-19(24)27)12-17(25)13-5-2-1-3-6-13/h1-3,5-6,9-11H,4,7-8,12H2. The van der Waals surface area contributed by atoms with Crippen molar-refractivity contribution in [1.82, 2.24) is 10.0 Å². The lowest BCUT2D eigenvalue weighted by atomic mass is 10.1. The molecule has 0 saturated carbocycles. The number of halogens is 2. The lowest BCUT2D eigenvalue weighted by molar-refractivity contribution is -0.162. The first kappa shape index (κ1) is 20.0. The van der Waals surface area contributed by atoms with Crippen LogP contribution in [0.5, 0.6) is 0 Å². The van der Waals surface area contributed by atoms with Crippen molar-refractivity contribution < 1.29 is 19.2 Å². The van der Waals surface area contributed by atoms with E-state index in [-0.39, 0.29) is 23.4 Å². The number of ketones is 1. The lowest BCUT2D eigenvalue weighted by Crippen LogP contribution is -2.56. The summed E-state index contributed by atoms with van der Waals surface area (Å²) in [5, 5.41) is 2.02. The Kier molecular flexibility index (Phi) is 6.11. The Bertz CT molecular complexity index is 930. The van der Waals surface area contributed by atoms with E-state index in [0.717, 1.165) is 10.0 Å². The number of hydrogen-bond donors (Lipinski definition) is 0. The van der Waals surface area contributed by atoms with E-state index in [4.69, 9.17) is 23.2 Å². The Hall–Kier alpha value is -2.70. The van der Waals surface area contributed by atoms with E-state index >= 15 is 0 Å². The van der Waals surface area contributed by atoms with Gasteiger partial charge in [-0.25, -0.2) is 5.01 Å². The van der Waals surface area contributed by atoms with Gasteiger partial charge in [-0.3, -0.25) is 19.2 Å². The second-order valence-corrected chi connectivity index (χ2v) is 7.07. The fourth-order valence-corrected chi connectivity index (χ4v) is 3.39. The zero-order valence-electron chi connectivity index (χ0n) is 14.7. The average Bonchev–Trinajstić information content (AvgIpc) is 2.67. The predicted molar refractivity (Wildman–Crippen MR) is 104 cm³/mol. The van der Waals surface area contributed by atoms with E-state index in [1.807, 2.05) is 0 Å². The number of carbonyl (C=O) groups excluding carboxylic acids is 4. The molecule has 2 aromatic carbocycles. The molecule has 1 fully saturated rings. The Labute approximate surface area is 171 Å². The van der Waals surface area contributed by atoms with Gasteiger partial charge in [0, 0.05) is 23.4 Å². The van der Waals surface area contributed by atoms with Gasteiger partial charge in [-0.2, -0.15) is 5.01 Å². The number of benzene rings is 2. The molecule has 8 heteroatoms. The number of hydrogen-bond acceptors (Lipinski definition) is 4. The molecule has 2 aromatic rings. The second-order valence-electron chi connectivity index (χ2n) is 6.23. The molecule has 0 N–H and O–H groups in total. The van der Waals surface area contributed by atoms with Crippen LogP contribution in [0.2, 0.25) is 10.0 Å². The maximum atomic E-state index is 13.1. The van der Waals surface area contributed by atoms with Crippen molar-refractivity contribution in [2.24, 2.45) is 0 Å². The quantitative estimate of drug-likeness (QED) is 0.546. The van der Waals surface area contributed by atoms with Crippen molar-refractivity contribution in [3.8, 4) is 0 Å². The summed E-state index contributed by atoms with van der Waals surface area (Å²) in [4.78, 5) is 50.6. The number of amides is 3. The van der Waals surface area contributed by atoms with Crippen molar-refractivity contribution in [2.45, 2.75) is 19.3 Å². The molecule has 0 bridgehead atoms. The van der Waals surface area contributed by atoms with Crippen molar-refractivity contribution in [2.75, 3.05) is 6.54 Å². The molecule has 3 amide bonds. The number of Topliss-reactive ketones (excluding diaryl/α,β-unsaturated/α-hetero) is 1. The fourth-order valence-electron chi connectivity index (χ4n) is 2.90. The molecule has 0 aliphatic carbocycles. The molecule has 28 heavy (non-hydrogen) atoms. The summed E-state index contributed by atoms with van der Waals surface area (Å²) in [6.07, 6.45) is 0.636. The van der Waals surface area contributed by atoms with Crippen LogP contribution in [0.1, 0.15) is 40.0 Å². The molecule has 0 aromatic heterocycles. The highest BCUT2D eigenvalue weighted by atomic mass is 35.5. The minimum absolute atomic E-state index is 0.0399. The smallest absolute Gasteiger partial charge is 0.274 e. The molecule has 0 unspecified atom stereocenters. The highest BCUT2D eigenvalue weighted by Gasteiger charge is 2.36. The number of imide groups is 1. The zero-order chi connectivity index (χ0) is 20.3. The lowest BCUT2D eigenvalue weighted by Gasteiger charge is -2.35. The summed E-state index contributed by atoms with van der Waals surface area (Å²) in [5.74, 6) is -2.20. The SMILES string of the molecule is O=C(CN(C(=O)c1ccc(Cl)cc1Cl)N1C(=O)CCCC1=O)c1ccccc1. The summed E-state index contributed by atoms with van der Waals surface area (Å²) < 4.78 is 0. The molecule has 0 atom stereocenters. The Morgan fingerprint density at radius 2 is 1.61 bits per heavy atom. The molecule has 0 spiro atoms. The molecule has 3 rings (SSSR count).